The Morgan fingerprint density at radius 3 is 2.56 bits per heavy atom. The van der Waals surface area contributed by atoms with Crippen LogP contribution in [0.2, 0.25) is 0 Å². The van der Waals surface area contributed by atoms with Crippen LogP contribution < -0.4 is 10.6 Å². The predicted octanol–water partition coefficient (Wildman–Crippen LogP) is 2.08. The highest BCUT2D eigenvalue weighted by Gasteiger charge is 2.16. The second kappa shape index (κ2) is 6.54. The summed E-state index contributed by atoms with van der Waals surface area (Å²) in [5.74, 6) is 2.51. The zero-order chi connectivity index (χ0) is 13.7. The number of ether oxygens (including phenoxy) is 1. The minimum absolute atomic E-state index is 0.388. The van der Waals surface area contributed by atoms with Crippen LogP contribution in [0.1, 0.15) is 33.5 Å². The molecule has 0 radical (unpaired) electrons. The molecule has 1 unspecified atom stereocenters. The highest BCUT2D eigenvalue weighted by molar-refractivity contribution is 5.47. The zero-order valence-corrected chi connectivity index (χ0v) is 12.0. The first-order valence-corrected chi connectivity index (χ1v) is 6.39. The summed E-state index contributed by atoms with van der Waals surface area (Å²) in [6.07, 6.45) is 0. The van der Waals surface area contributed by atoms with Crippen LogP contribution in [0.25, 0.3) is 0 Å². The molecule has 1 aromatic rings. The Morgan fingerprint density at radius 2 is 2.00 bits per heavy atom. The monoisotopic (exact) mass is 252 g/mol. The first kappa shape index (κ1) is 14.7. The van der Waals surface area contributed by atoms with E-state index in [0.29, 0.717) is 36.8 Å². The third kappa shape index (κ3) is 3.84. The van der Waals surface area contributed by atoms with Crippen molar-refractivity contribution in [2.75, 3.05) is 24.3 Å². The van der Waals surface area contributed by atoms with Gasteiger partial charge in [0.1, 0.15) is 18.2 Å². The third-order valence-electron chi connectivity index (χ3n) is 3.15. The molecule has 5 heteroatoms. The van der Waals surface area contributed by atoms with E-state index >= 15 is 0 Å². The van der Waals surface area contributed by atoms with Gasteiger partial charge in [-0.2, -0.15) is 0 Å². The molecule has 0 bridgehead atoms. The van der Waals surface area contributed by atoms with E-state index in [1.165, 1.54) is 0 Å². The van der Waals surface area contributed by atoms with Gasteiger partial charge >= 0.3 is 0 Å². The topological polar surface area (TPSA) is 64.3 Å². The van der Waals surface area contributed by atoms with Gasteiger partial charge in [0, 0.05) is 25.8 Å². The van der Waals surface area contributed by atoms with Gasteiger partial charge < -0.3 is 15.4 Å². The number of hydrogen-bond donors (Lipinski definition) is 1. The molecule has 0 fully saturated rings. The molecular formula is C13H24N4O. The van der Waals surface area contributed by atoms with Crippen molar-refractivity contribution in [3.63, 3.8) is 0 Å². The number of nitrogens with two attached hydrogens (primary N) is 1. The highest BCUT2D eigenvalue weighted by Crippen LogP contribution is 2.18. The average Bonchev–Trinajstić information content (AvgIpc) is 2.33. The second-order valence-corrected chi connectivity index (χ2v) is 4.80. The van der Waals surface area contributed by atoms with Gasteiger partial charge in [-0.1, -0.05) is 13.8 Å². The first-order chi connectivity index (χ1) is 8.45. The summed E-state index contributed by atoms with van der Waals surface area (Å²) in [6, 6.07) is 2.19. The lowest BCUT2D eigenvalue weighted by molar-refractivity contribution is 0.128. The number of nitrogen functional groups attached to an aromatic ring is 1. The van der Waals surface area contributed by atoms with Crippen LogP contribution in [0.15, 0.2) is 6.07 Å². The van der Waals surface area contributed by atoms with E-state index in [1.807, 2.05) is 14.0 Å². The van der Waals surface area contributed by atoms with Gasteiger partial charge in [0.2, 0.25) is 0 Å². The molecule has 18 heavy (non-hydrogen) atoms. The van der Waals surface area contributed by atoms with Gasteiger partial charge in [-0.05, 0) is 19.8 Å². The van der Waals surface area contributed by atoms with Gasteiger partial charge in [-0.3, -0.25) is 0 Å². The van der Waals surface area contributed by atoms with Crippen molar-refractivity contribution in [1.29, 1.82) is 0 Å². The normalized spacial score (nSPS) is 12.8. The molecule has 0 aliphatic carbocycles. The summed E-state index contributed by atoms with van der Waals surface area (Å²) in [6.45, 7) is 9.54. The molecular weight excluding hydrogens is 228 g/mol. The number of anilines is 2. The maximum absolute atomic E-state index is 5.81. The Kier molecular flexibility index (Phi) is 5.34. The number of hydrogen-bond acceptors (Lipinski definition) is 5. The fourth-order valence-corrected chi connectivity index (χ4v) is 1.60. The molecule has 0 aromatic carbocycles. The molecule has 0 amide bonds. The SMILES string of the molecule is CCOCc1nc(N)cc(N(C)C(C)C(C)C)n1. The van der Waals surface area contributed by atoms with Crippen LogP contribution in [0.3, 0.4) is 0 Å². The Morgan fingerprint density at radius 1 is 1.33 bits per heavy atom. The highest BCUT2D eigenvalue weighted by atomic mass is 16.5. The van der Waals surface area contributed by atoms with Gasteiger partial charge in [0.05, 0.1) is 0 Å². The van der Waals surface area contributed by atoms with Crippen molar-refractivity contribution < 1.29 is 4.74 Å². The van der Waals surface area contributed by atoms with E-state index in [0.717, 1.165) is 5.82 Å². The summed E-state index contributed by atoms with van der Waals surface area (Å²) >= 11 is 0. The van der Waals surface area contributed by atoms with Crippen LogP contribution in [0, 0.1) is 5.92 Å². The minimum Gasteiger partial charge on any atom is -0.384 e. The largest absolute Gasteiger partial charge is 0.384 e. The molecule has 1 rings (SSSR count). The smallest absolute Gasteiger partial charge is 0.158 e. The maximum atomic E-state index is 5.81. The summed E-state index contributed by atoms with van der Waals surface area (Å²) in [7, 11) is 2.02. The number of aromatic nitrogens is 2. The molecule has 1 atom stereocenters. The molecule has 0 aliphatic heterocycles. The van der Waals surface area contributed by atoms with E-state index in [9.17, 15) is 0 Å². The van der Waals surface area contributed by atoms with Crippen LogP contribution in [-0.2, 0) is 11.3 Å². The lowest BCUT2D eigenvalue weighted by Crippen LogP contribution is -2.34. The summed E-state index contributed by atoms with van der Waals surface area (Å²) in [4.78, 5) is 10.8. The molecule has 0 spiro atoms. The van der Waals surface area contributed by atoms with E-state index in [4.69, 9.17) is 10.5 Å². The van der Waals surface area contributed by atoms with E-state index in [1.54, 1.807) is 6.07 Å². The summed E-state index contributed by atoms with van der Waals surface area (Å²) < 4.78 is 5.32. The summed E-state index contributed by atoms with van der Waals surface area (Å²) in [5.41, 5.74) is 5.81. The quantitative estimate of drug-likeness (QED) is 0.839. The minimum atomic E-state index is 0.388. The lowest BCUT2D eigenvalue weighted by atomic mass is 10.1. The Balaban J connectivity index is 2.91. The fraction of sp³-hybridized carbons (Fsp3) is 0.692. The van der Waals surface area contributed by atoms with Crippen molar-refractivity contribution in [2.24, 2.45) is 5.92 Å². The van der Waals surface area contributed by atoms with E-state index in [2.05, 4.69) is 35.6 Å². The van der Waals surface area contributed by atoms with Crippen LogP contribution in [-0.4, -0.2) is 29.7 Å². The van der Waals surface area contributed by atoms with Crippen molar-refractivity contribution in [3.8, 4) is 0 Å². The Labute approximate surface area is 109 Å². The predicted molar refractivity (Wildman–Crippen MR) is 74.5 cm³/mol. The van der Waals surface area contributed by atoms with Gasteiger partial charge in [-0.25, -0.2) is 9.97 Å². The molecule has 2 N–H and O–H groups in total. The van der Waals surface area contributed by atoms with Gasteiger partial charge in [-0.15, -0.1) is 0 Å². The van der Waals surface area contributed by atoms with Crippen LogP contribution in [0.4, 0.5) is 11.6 Å². The van der Waals surface area contributed by atoms with Crippen molar-refractivity contribution in [3.05, 3.63) is 11.9 Å². The molecule has 5 nitrogen and oxygen atoms in total. The van der Waals surface area contributed by atoms with E-state index in [-0.39, 0.29) is 0 Å². The van der Waals surface area contributed by atoms with Gasteiger partial charge in [0.15, 0.2) is 5.82 Å². The number of rotatable bonds is 6. The lowest BCUT2D eigenvalue weighted by Gasteiger charge is -2.29. The van der Waals surface area contributed by atoms with Crippen molar-refractivity contribution in [1.82, 2.24) is 9.97 Å². The fourth-order valence-electron chi connectivity index (χ4n) is 1.60. The Bertz CT molecular complexity index is 381. The molecule has 1 heterocycles. The van der Waals surface area contributed by atoms with Crippen LogP contribution >= 0.6 is 0 Å². The third-order valence-corrected chi connectivity index (χ3v) is 3.15. The maximum Gasteiger partial charge on any atom is 0.158 e. The standard InChI is InChI=1S/C13H24N4O/c1-6-18-8-12-15-11(14)7-13(16-12)17(5)10(4)9(2)3/h7,9-10H,6,8H2,1-5H3,(H2,14,15,16). The van der Waals surface area contributed by atoms with Crippen molar-refractivity contribution >= 4 is 11.6 Å². The summed E-state index contributed by atoms with van der Waals surface area (Å²) in [5, 5.41) is 0. The molecule has 102 valence electrons. The van der Waals surface area contributed by atoms with Crippen molar-refractivity contribution in [2.45, 2.75) is 40.3 Å². The van der Waals surface area contributed by atoms with Gasteiger partial charge in [0.25, 0.3) is 0 Å². The first-order valence-electron chi connectivity index (χ1n) is 6.39. The average molecular weight is 252 g/mol. The van der Waals surface area contributed by atoms with Crippen LogP contribution in [0.5, 0.6) is 0 Å². The van der Waals surface area contributed by atoms with E-state index < -0.39 is 0 Å². The molecule has 0 saturated carbocycles. The zero-order valence-electron chi connectivity index (χ0n) is 12.0. The number of nitrogens with zero attached hydrogens (tertiary/aromatic N) is 3. The molecule has 1 aromatic heterocycles. The molecule has 0 saturated heterocycles. The Hall–Kier alpha value is -1.36. The second-order valence-electron chi connectivity index (χ2n) is 4.80. The molecule has 0 aliphatic rings.